The topological polar surface area (TPSA) is 67.4 Å². The summed E-state index contributed by atoms with van der Waals surface area (Å²) in [5.74, 6) is -0.871. The van der Waals surface area contributed by atoms with Crippen LogP contribution in [0.15, 0.2) is 71.1 Å². The molecule has 0 saturated carbocycles. The zero-order valence-electron chi connectivity index (χ0n) is 20.0. The first kappa shape index (κ1) is 24.6. The molecule has 1 heterocycles. The molecule has 2 aliphatic rings. The quantitative estimate of drug-likeness (QED) is 0.562. The summed E-state index contributed by atoms with van der Waals surface area (Å²) < 4.78 is 45.1. The molecule has 35 heavy (non-hydrogen) atoms. The number of hydrogen-bond donors (Lipinski definition) is 2. The lowest BCUT2D eigenvalue weighted by Gasteiger charge is -2.40. The highest BCUT2D eigenvalue weighted by molar-refractivity contribution is 6.10. The van der Waals surface area contributed by atoms with Crippen molar-refractivity contribution in [3.8, 4) is 5.75 Å². The van der Waals surface area contributed by atoms with Crippen LogP contribution in [0.4, 0.5) is 18.9 Å². The predicted octanol–water partition coefficient (Wildman–Crippen LogP) is 5.96. The fraction of sp³-hybridized carbons (Fsp3) is 0.333. The second-order valence-corrected chi connectivity index (χ2v) is 9.70. The molecule has 2 aromatic rings. The molecule has 1 aliphatic carbocycles. The Labute approximate surface area is 202 Å². The standard InChI is InChI=1S/C27H27F3N2O3/c1-15-22(25(34)32-17-9-7-8-16(12-17)27(28,29)30)23(18-10-5-6-11-21(18)35-4)24-19(31-15)13-26(2,3)14-20(24)33/h5-12,23,31H,13-14H2,1-4H3,(H,32,34). The van der Waals surface area contributed by atoms with Crippen LogP contribution in [-0.2, 0) is 15.8 Å². The van der Waals surface area contributed by atoms with Crippen molar-refractivity contribution in [1.82, 2.24) is 5.32 Å². The van der Waals surface area contributed by atoms with E-state index in [0.29, 0.717) is 35.4 Å². The van der Waals surface area contributed by atoms with E-state index in [0.717, 1.165) is 17.8 Å². The van der Waals surface area contributed by atoms with Gasteiger partial charge < -0.3 is 15.4 Å². The summed E-state index contributed by atoms with van der Waals surface area (Å²) >= 11 is 0. The summed E-state index contributed by atoms with van der Waals surface area (Å²) in [6.07, 6.45) is -3.59. The van der Waals surface area contributed by atoms with E-state index in [1.165, 1.54) is 19.2 Å². The zero-order valence-corrected chi connectivity index (χ0v) is 20.0. The normalized spacial score (nSPS) is 19.7. The van der Waals surface area contributed by atoms with Gasteiger partial charge in [0.25, 0.3) is 5.91 Å². The van der Waals surface area contributed by atoms with E-state index in [9.17, 15) is 22.8 Å². The van der Waals surface area contributed by atoms with Gasteiger partial charge in [-0.05, 0) is 43.0 Å². The molecular weight excluding hydrogens is 457 g/mol. The predicted molar refractivity (Wildman–Crippen MR) is 127 cm³/mol. The maximum absolute atomic E-state index is 13.6. The third-order valence-electron chi connectivity index (χ3n) is 6.38. The number of amides is 1. The van der Waals surface area contributed by atoms with Gasteiger partial charge in [0.2, 0.25) is 0 Å². The van der Waals surface area contributed by atoms with Crippen molar-refractivity contribution >= 4 is 17.4 Å². The molecule has 1 atom stereocenters. The van der Waals surface area contributed by atoms with Crippen LogP contribution in [0.2, 0.25) is 0 Å². The Morgan fingerprint density at radius 2 is 1.83 bits per heavy atom. The van der Waals surface area contributed by atoms with E-state index in [2.05, 4.69) is 10.6 Å². The molecule has 4 rings (SSSR count). The lowest BCUT2D eigenvalue weighted by atomic mass is 9.68. The molecule has 0 bridgehead atoms. The molecule has 0 radical (unpaired) electrons. The number of para-hydroxylation sites is 1. The molecule has 1 unspecified atom stereocenters. The summed E-state index contributed by atoms with van der Waals surface area (Å²) in [6, 6.07) is 11.6. The number of nitrogens with one attached hydrogen (secondary N) is 2. The maximum atomic E-state index is 13.6. The summed E-state index contributed by atoms with van der Waals surface area (Å²) in [7, 11) is 1.51. The second-order valence-electron chi connectivity index (χ2n) is 9.70. The number of rotatable bonds is 4. The second kappa shape index (κ2) is 8.91. The lowest BCUT2D eigenvalue weighted by molar-refractivity contribution is -0.137. The van der Waals surface area contributed by atoms with Crippen LogP contribution in [0.5, 0.6) is 5.75 Å². The monoisotopic (exact) mass is 484 g/mol. The summed E-state index contributed by atoms with van der Waals surface area (Å²) in [5.41, 5.74) is 1.60. The molecule has 0 spiro atoms. The van der Waals surface area contributed by atoms with Gasteiger partial charge in [-0.2, -0.15) is 13.2 Å². The number of halogens is 3. The maximum Gasteiger partial charge on any atom is 0.416 e. The number of ether oxygens (including phenoxy) is 1. The van der Waals surface area contributed by atoms with Gasteiger partial charge >= 0.3 is 6.18 Å². The largest absolute Gasteiger partial charge is 0.496 e. The van der Waals surface area contributed by atoms with Crippen LogP contribution >= 0.6 is 0 Å². The average Bonchev–Trinajstić information content (AvgIpc) is 2.76. The fourth-order valence-corrected chi connectivity index (χ4v) is 4.92. The minimum atomic E-state index is -4.54. The number of methoxy groups -OCH3 is 1. The number of anilines is 1. The molecule has 1 amide bonds. The third kappa shape index (κ3) is 4.83. The number of benzene rings is 2. The van der Waals surface area contributed by atoms with E-state index >= 15 is 0 Å². The Morgan fingerprint density at radius 3 is 2.51 bits per heavy atom. The number of carbonyl (C=O) groups is 2. The number of allylic oxidation sites excluding steroid dienone is 3. The Kier molecular flexibility index (Phi) is 6.25. The van der Waals surface area contributed by atoms with Gasteiger partial charge in [-0.25, -0.2) is 0 Å². The van der Waals surface area contributed by atoms with E-state index in [1.807, 2.05) is 13.8 Å². The van der Waals surface area contributed by atoms with Crippen molar-refractivity contribution in [1.29, 1.82) is 0 Å². The van der Waals surface area contributed by atoms with E-state index in [-0.39, 0.29) is 22.5 Å². The van der Waals surface area contributed by atoms with Gasteiger partial charge in [-0.3, -0.25) is 9.59 Å². The Balaban J connectivity index is 1.81. The zero-order chi connectivity index (χ0) is 25.5. The van der Waals surface area contributed by atoms with Crippen molar-refractivity contribution in [3.05, 3.63) is 82.2 Å². The van der Waals surface area contributed by atoms with Crippen LogP contribution in [0.25, 0.3) is 0 Å². The summed E-state index contributed by atoms with van der Waals surface area (Å²) in [6.45, 7) is 5.77. The average molecular weight is 485 g/mol. The van der Waals surface area contributed by atoms with Gasteiger partial charge in [0, 0.05) is 40.2 Å². The molecule has 0 saturated heterocycles. The molecule has 2 aromatic carbocycles. The number of carbonyl (C=O) groups excluding carboxylic acids is 2. The van der Waals surface area contributed by atoms with Crippen LogP contribution in [0, 0.1) is 5.41 Å². The van der Waals surface area contributed by atoms with Gasteiger partial charge in [0.15, 0.2) is 5.78 Å². The first-order valence-corrected chi connectivity index (χ1v) is 11.3. The SMILES string of the molecule is COc1ccccc1C1C(C(=O)Nc2cccc(C(F)(F)F)c2)=C(C)NC2=C1C(=O)CC(C)(C)C2. The van der Waals surface area contributed by atoms with Crippen LogP contribution < -0.4 is 15.4 Å². The fourth-order valence-electron chi connectivity index (χ4n) is 4.92. The van der Waals surface area contributed by atoms with Gasteiger partial charge in [-0.15, -0.1) is 0 Å². The highest BCUT2D eigenvalue weighted by atomic mass is 19.4. The minimum Gasteiger partial charge on any atom is -0.496 e. The van der Waals surface area contributed by atoms with Crippen LogP contribution in [0.3, 0.4) is 0 Å². The number of alkyl halides is 3. The van der Waals surface area contributed by atoms with Gasteiger partial charge in [0.1, 0.15) is 5.75 Å². The molecule has 5 nitrogen and oxygen atoms in total. The molecule has 1 aliphatic heterocycles. The van der Waals surface area contributed by atoms with Crippen LogP contribution in [-0.4, -0.2) is 18.8 Å². The highest BCUT2D eigenvalue weighted by Crippen LogP contribution is 2.48. The summed E-state index contributed by atoms with van der Waals surface area (Å²) in [4.78, 5) is 27.0. The molecule has 2 N–H and O–H groups in total. The molecule has 184 valence electrons. The third-order valence-corrected chi connectivity index (χ3v) is 6.38. The smallest absolute Gasteiger partial charge is 0.416 e. The number of Topliss-reactive ketones (excluding diaryl/α,β-unsaturated/α-hetero) is 1. The number of ketones is 1. The molecule has 0 fully saturated rings. The van der Waals surface area contributed by atoms with E-state index < -0.39 is 23.6 Å². The van der Waals surface area contributed by atoms with Crippen LogP contribution in [0.1, 0.15) is 50.7 Å². The van der Waals surface area contributed by atoms with E-state index in [1.54, 1.807) is 31.2 Å². The van der Waals surface area contributed by atoms with E-state index in [4.69, 9.17) is 4.74 Å². The minimum absolute atomic E-state index is 0.0137. The Morgan fingerprint density at radius 1 is 1.11 bits per heavy atom. The molecular formula is C27H27F3N2O3. The Hall–Kier alpha value is -3.55. The molecule has 8 heteroatoms. The Bertz CT molecular complexity index is 1260. The molecule has 0 aromatic heterocycles. The summed E-state index contributed by atoms with van der Waals surface area (Å²) in [5, 5.41) is 5.86. The number of hydrogen-bond acceptors (Lipinski definition) is 4. The van der Waals surface area contributed by atoms with Crippen molar-refractivity contribution in [3.63, 3.8) is 0 Å². The van der Waals surface area contributed by atoms with Gasteiger partial charge in [-0.1, -0.05) is 38.1 Å². The van der Waals surface area contributed by atoms with Crippen molar-refractivity contribution in [2.24, 2.45) is 5.41 Å². The number of dihydropyridines is 1. The van der Waals surface area contributed by atoms with Gasteiger partial charge in [0.05, 0.1) is 18.6 Å². The highest BCUT2D eigenvalue weighted by Gasteiger charge is 2.43. The first-order valence-electron chi connectivity index (χ1n) is 11.3. The van der Waals surface area contributed by atoms with Crippen molar-refractivity contribution in [2.45, 2.75) is 45.7 Å². The van der Waals surface area contributed by atoms with Crippen molar-refractivity contribution in [2.75, 3.05) is 12.4 Å². The van der Waals surface area contributed by atoms with Crippen molar-refractivity contribution < 1.29 is 27.5 Å². The lowest BCUT2D eigenvalue weighted by Crippen LogP contribution is -2.39. The first-order chi connectivity index (χ1) is 16.4.